The van der Waals surface area contributed by atoms with Gasteiger partial charge in [0.1, 0.15) is 11.5 Å². The van der Waals surface area contributed by atoms with Crippen molar-refractivity contribution in [2.45, 2.75) is 44.9 Å². The number of carbonyl (C=O) groups excluding carboxylic acids is 1. The summed E-state index contributed by atoms with van der Waals surface area (Å²) in [6.07, 6.45) is 7.59. The number of aryl methyl sites for hydroxylation is 1. The zero-order valence-corrected chi connectivity index (χ0v) is 12.9. The smallest absolute Gasteiger partial charge is 0.174 e. The predicted molar refractivity (Wildman–Crippen MR) is 87.1 cm³/mol. The number of fused-ring (bicyclic) bond motifs is 1. The van der Waals surface area contributed by atoms with Gasteiger partial charge >= 0.3 is 0 Å². The molecule has 1 unspecified atom stereocenters. The zero-order chi connectivity index (χ0) is 15.1. The van der Waals surface area contributed by atoms with Crippen molar-refractivity contribution in [2.24, 2.45) is 0 Å². The second kappa shape index (κ2) is 5.28. The first-order valence-corrected chi connectivity index (χ1v) is 8.16. The highest BCUT2D eigenvalue weighted by atomic mass is 16.3. The Morgan fingerprint density at radius 2 is 1.95 bits per heavy atom. The van der Waals surface area contributed by atoms with E-state index in [0.29, 0.717) is 0 Å². The fourth-order valence-corrected chi connectivity index (χ4v) is 3.78. The van der Waals surface area contributed by atoms with E-state index in [2.05, 4.69) is 18.2 Å². The van der Waals surface area contributed by atoms with E-state index in [1.807, 2.05) is 25.1 Å². The van der Waals surface area contributed by atoms with Crippen molar-refractivity contribution < 1.29 is 9.21 Å². The fourth-order valence-electron chi connectivity index (χ4n) is 3.78. The molecule has 1 aromatic heterocycles. The summed E-state index contributed by atoms with van der Waals surface area (Å²) >= 11 is 0. The van der Waals surface area contributed by atoms with Crippen LogP contribution in [0.2, 0.25) is 0 Å². The van der Waals surface area contributed by atoms with E-state index in [1.54, 1.807) is 0 Å². The van der Waals surface area contributed by atoms with Crippen LogP contribution >= 0.6 is 0 Å². The first kappa shape index (κ1) is 13.6. The molecular formula is C20H20O2. The molecule has 1 atom stereocenters. The third-order valence-corrected chi connectivity index (χ3v) is 4.96. The lowest BCUT2D eigenvalue weighted by atomic mass is 9.92. The van der Waals surface area contributed by atoms with Crippen LogP contribution in [0, 0.1) is 6.92 Å². The third-order valence-electron chi connectivity index (χ3n) is 4.96. The van der Waals surface area contributed by atoms with Gasteiger partial charge in [0.05, 0.1) is 11.5 Å². The molecule has 22 heavy (non-hydrogen) atoms. The fraction of sp³-hybridized carbons (Fsp3) is 0.350. The number of furan rings is 1. The third kappa shape index (κ3) is 2.06. The summed E-state index contributed by atoms with van der Waals surface area (Å²) < 4.78 is 5.99. The molecule has 0 saturated heterocycles. The van der Waals surface area contributed by atoms with E-state index in [4.69, 9.17) is 4.42 Å². The van der Waals surface area contributed by atoms with Crippen molar-refractivity contribution in [1.82, 2.24) is 0 Å². The monoisotopic (exact) mass is 292 g/mol. The molecule has 0 saturated carbocycles. The number of benzene rings is 1. The van der Waals surface area contributed by atoms with E-state index in [9.17, 15) is 4.79 Å². The minimum absolute atomic E-state index is 0.0377. The molecule has 1 heterocycles. The minimum Gasteiger partial charge on any atom is -0.461 e. The summed E-state index contributed by atoms with van der Waals surface area (Å²) in [6.45, 7) is 1.99. The van der Waals surface area contributed by atoms with Crippen LogP contribution in [0.4, 0.5) is 0 Å². The van der Waals surface area contributed by atoms with Crippen LogP contribution in [0.25, 0.3) is 5.57 Å². The standard InChI is InChI=1S/C20H20O2/c1-13-16-12-17(14-8-4-2-5-9-14)19(21)18(16)20(22-13)15-10-6-3-7-11-15/h2,4-5,8-10,17H,3,6-7,11-12H2,1H3. The van der Waals surface area contributed by atoms with Crippen LogP contribution in [0.3, 0.4) is 0 Å². The molecule has 2 aromatic rings. The van der Waals surface area contributed by atoms with E-state index >= 15 is 0 Å². The van der Waals surface area contributed by atoms with Gasteiger partial charge in [-0.2, -0.15) is 0 Å². The molecule has 0 bridgehead atoms. The molecule has 2 heteroatoms. The summed E-state index contributed by atoms with van der Waals surface area (Å²) in [5, 5.41) is 0. The molecule has 1 aromatic carbocycles. The van der Waals surface area contributed by atoms with Crippen molar-refractivity contribution >= 4 is 11.4 Å². The number of ketones is 1. The topological polar surface area (TPSA) is 30.2 Å². The maximum Gasteiger partial charge on any atom is 0.174 e. The Labute approximate surface area is 130 Å². The Kier molecular flexibility index (Phi) is 3.25. The van der Waals surface area contributed by atoms with E-state index in [1.165, 1.54) is 18.4 Å². The molecule has 0 aliphatic heterocycles. The average molecular weight is 292 g/mol. The van der Waals surface area contributed by atoms with Gasteiger partial charge < -0.3 is 4.42 Å². The normalized spacial score (nSPS) is 20.9. The van der Waals surface area contributed by atoms with Crippen molar-refractivity contribution in [2.75, 3.05) is 0 Å². The second-order valence-electron chi connectivity index (χ2n) is 6.35. The summed E-state index contributed by atoms with van der Waals surface area (Å²) in [4.78, 5) is 13.0. The lowest BCUT2D eigenvalue weighted by Crippen LogP contribution is -2.08. The molecule has 2 aliphatic carbocycles. The van der Waals surface area contributed by atoms with Gasteiger partial charge in [-0.25, -0.2) is 0 Å². The van der Waals surface area contributed by atoms with Crippen LogP contribution in [0.1, 0.15) is 64.6 Å². The molecular weight excluding hydrogens is 272 g/mol. The van der Waals surface area contributed by atoms with E-state index in [0.717, 1.165) is 47.5 Å². The Balaban J connectivity index is 1.76. The number of hydrogen-bond acceptors (Lipinski definition) is 2. The van der Waals surface area contributed by atoms with Gasteiger partial charge in [0, 0.05) is 5.56 Å². The van der Waals surface area contributed by atoms with Crippen molar-refractivity contribution in [3.8, 4) is 0 Å². The zero-order valence-electron chi connectivity index (χ0n) is 12.9. The van der Waals surface area contributed by atoms with Gasteiger partial charge in [0.25, 0.3) is 0 Å². The quantitative estimate of drug-likeness (QED) is 0.773. The maximum atomic E-state index is 13.0. The van der Waals surface area contributed by atoms with Crippen LogP contribution in [-0.4, -0.2) is 5.78 Å². The van der Waals surface area contributed by atoms with Crippen LogP contribution in [-0.2, 0) is 6.42 Å². The van der Waals surface area contributed by atoms with Gasteiger partial charge in [0.15, 0.2) is 5.78 Å². The molecule has 0 radical (unpaired) electrons. The molecule has 0 amide bonds. The lowest BCUT2D eigenvalue weighted by Gasteiger charge is -2.13. The first-order chi connectivity index (χ1) is 10.8. The van der Waals surface area contributed by atoms with E-state index < -0.39 is 0 Å². The summed E-state index contributed by atoms with van der Waals surface area (Å²) in [6, 6.07) is 10.1. The van der Waals surface area contributed by atoms with Crippen molar-refractivity contribution in [3.05, 3.63) is 64.6 Å². The molecule has 0 spiro atoms. The highest BCUT2D eigenvalue weighted by molar-refractivity contribution is 6.08. The molecule has 0 fully saturated rings. The molecule has 0 N–H and O–H groups in total. The van der Waals surface area contributed by atoms with Crippen molar-refractivity contribution in [1.29, 1.82) is 0 Å². The highest BCUT2D eigenvalue weighted by Crippen LogP contribution is 2.42. The van der Waals surface area contributed by atoms with Gasteiger partial charge in [-0.1, -0.05) is 36.4 Å². The molecule has 4 rings (SSSR count). The Hall–Kier alpha value is -2.09. The molecule has 112 valence electrons. The average Bonchev–Trinajstić information content (AvgIpc) is 3.08. The second-order valence-corrected chi connectivity index (χ2v) is 6.35. The summed E-state index contributed by atoms with van der Waals surface area (Å²) in [5.74, 6) is 1.97. The Bertz CT molecular complexity index is 750. The SMILES string of the molecule is Cc1oc(C2=CCCCC2)c2c1CC(c1ccccc1)C2=O. The minimum atomic E-state index is -0.0377. The Morgan fingerprint density at radius 3 is 2.68 bits per heavy atom. The number of rotatable bonds is 2. The number of Topliss-reactive ketones (excluding diaryl/α,β-unsaturated/α-hetero) is 1. The highest BCUT2D eigenvalue weighted by Gasteiger charge is 2.38. The van der Waals surface area contributed by atoms with Crippen molar-refractivity contribution in [3.63, 3.8) is 0 Å². The molecule has 2 nitrogen and oxygen atoms in total. The van der Waals surface area contributed by atoms with Crippen LogP contribution in [0.5, 0.6) is 0 Å². The van der Waals surface area contributed by atoms with Gasteiger partial charge in [0.2, 0.25) is 0 Å². The predicted octanol–water partition coefficient (Wildman–Crippen LogP) is 5.07. The van der Waals surface area contributed by atoms with Gasteiger partial charge in [-0.15, -0.1) is 0 Å². The Morgan fingerprint density at radius 1 is 1.14 bits per heavy atom. The largest absolute Gasteiger partial charge is 0.461 e. The first-order valence-electron chi connectivity index (χ1n) is 8.16. The van der Waals surface area contributed by atoms with Crippen LogP contribution < -0.4 is 0 Å². The number of hydrogen-bond donors (Lipinski definition) is 0. The summed E-state index contributed by atoms with van der Waals surface area (Å²) in [7, 11) is 0. The number of allylic oxidation sites excluding steroid dienone is 2. The van der Waals surface area contributed by atoms with Gasteiger partial charge in [-0.3, -0.25) is 4.79 Å². The lowest BCUT2D eigenvalue weighted by molar-refractivity contribution is 0.0971. The van der Waals surface area contributed by atoms with E-state index in [-0.39, 0.29) is 11.7 Å². The van der Waals surface area contributed by atoms with Gasteiger partial charge in [-0.05, 0) is 50.2 Å². The summed E-state index contributed by atoms with van der Waals surface area (Å²) in [5.41, 5.74) is 4.34. The van der Waals surface area contributed by atoms with Crippen LogP contribution in [0.15, 0.2) is 40.8 Å². The maximum absolute atomic E-state index is 13.0. The number of carbonyl (C=O) groups is 1. The molecule has 2 aliphatic rings.